The van der Waals surface area contributed by atoms with E-state index < -0.39 is 0 Å². The van der Waals surface area contributed by atoms with Crippen LogP contribution in [0, 0.1) is 0 Å². The number of hydrogen-bond donors (Lipinski definition) is 2. The molecule has 1 aromatic rings. The van der Waals surface area contributed by atoms with Crippen molar-refractivity contribution in [1.29, 1.82) is 0 Å². The van der Waals surface area contributed by atoms with Crippen molar-refractivity contribution in [2.45, 2.75) is 0 Å². The topological polar surface area (TPSA) is 71.2 Å². The van der Waals surface area contributed by atoms with Crippen LogP contribution in [0.4, 0.5) is 5.13 Å². The summed E-state index contributed by atoms with van der Waals surface area (Å²) in [6, 6.07) is 0. The zero-order valence-electron chi connectivity index (χ0n) is 6.87. The molecule has 0 aliphatic rings. The van der Waals surface area contributed by atoms with Gasteiger partial charge in [-0.25, -0.2) is 9.99 Å². The van der Waals surface area contributed by atoms with Crippen LogP contribution in [0.1, 0.15) is 10.5 Å². The minimum atomic E-state index is -0.243. The van der Waals surface area contributed by atoms with Crippen LogP contribution < -0.4 is 11.2 Å². The van der Waals surface area contributed by atoms with Gasteiger partial charge in [0.2, 0.25) is 0 Å². The molecule has 3 N–H and O–H groups in total. The molecule has 0 aliphatic heterocycles. The van der Waals surface area contributed by atoms with Crippen molar-refractivity contribution in [2.24, 2.45) is 0 Å². The second-order valence-corrected chi connectivity index (χ2v) is 3.30. The molecule has 0 radical (unpaired) electrons. The van der Waals surface area contributed by atoms with E-state index in [1.807, 2.05) is 0 Å². The molecule has 0 aliphatic carbocycles. The quantitative estimate of drug-likeness (QED) is 0.634. The van der Waals surface area contributed by atoms with E-state index in [0.717, 1.165) is 0 Å². The Labute approximate surface area is 74.2 Å². The molecule has 66 valence electrons. The van der Waals surface area contributed by atoms with Gasteiger partial charge in [0.05, 0.1) is 0 Å². The molecular weight excluding hydrogens is 176 g/mol. The molecule has 0 atom stereocenters. The largest absolute Gasteiger partial charge is 0.375 e. The van der Waals surface area contributed by atoms with Crippen molar-refractivity contribution in [2.75, 3.05) is 19.8 Å². The number of hydrazine groups is 1. The Balaban J connectivity index is 2.65. The van der Waals surface area contributed by atoms with E-state index in [1.54, 1.807) is 24.5 Å². The molecule has 12 heavy (non-hydrogen) atoms. The van der Waals surface area contributed by atoms with Crippen LogP contribution in [0.25, 0.3) is 0 Å². The summed E-state index contributed by atoms with van der Waals surface area (Å²) in [5.74, 6) is -0.243. The summed E-state index contributed by atoms with van der Waals surface area (Å²) in [6.07, 6.45) is 0. The van der Waals surface area contributed by atoms with Gasteiger partial charge in [0.15, 0.2) is 5.13 Å². The predicted octanol–water partition coefficient (Wildman–Crippen LogP) is -0.0683. The fourth-order valence-corrected chi connectivity index (χ4v) is 1.20. The third kappa shape index (κ3) is 2.18. The van der Waals surface area contributed by atoms with Crippen molar-refractivity contribution in [3.63, 3.8) is 0 Å². The Morgan fingerprint density at radius 2 is 2.42 bits per heavy atom. The Kier molecular flexibility index (Phi) is 2.61. The number of rotatable bonds is 2. The van der Waals surface area contributed by atoms with Crippen LogP contribution in [0.2, 0.25) is 0 Å². The van der Waals surface area contributed by atoms with Crippen LogP contribution in [0.15, 0.2) is 5.38 Å². The zero-order chi connectivity index (χ0) is 9.14. The number of aromatic nitrogens is 1. The maximum absolute atomic E-state index is 11.2. The average molecular weight is 186 g/mol. The van der Waals surface area contributed by atoms with Gasteiger partial charge in [-0.2, -0.15) is 0 Å². The van der Waals surface area contributed by atoms with E-state index >= 15 is 0 Å². The lowest BCUT2D eigenvalue weighted by atomic mass is 10.5. The number of carbonyl (C=O) groups is 1. The first kappa shape index (κ1) is 8.95. The minimum Gasteiger partial charge on any atom is -0.375 e. The van der Waals surface area contributed by atoms with Crippen LogP contribution in [0.5, 0.6) is 0 Å². The highest BCUT2D eigenvalue weighted by molar-refractivity contribution is 7.13. The highest BCUT2D eigenvalue weighted by Crippen LogP contribution is 2.10. The number of carbonyl (C=O) groups excluding carboxylic acids is 1. The summed E-state index contributed by atoms with van der Waals surface area (Å²) in [6.45, 7) is 0. The molecule has 1 amide bonds. The van der Waals surface area contributed by atoms with E-state index in [2.05, 4.69) is 10.4 Å². The summed E-state index contributed by atoms with van der Waals surface area (Å²) < 4.78 is 0. The van der Waals surface area contributed by atoms with E-state index in [0.29, 0.717) is 10.8 Å². The van der Waals surface area contributed by atoms with Crippen molar-refractivity contribution in [1.82, 2.24) is 15.4 Å². The second kappa shape index (κ2) is 3.51. The van der Waals surface area contributed by atoms with Gasteiger partial charge in [0, 0.05) is 19.5 Å². The first-order valence-corrected chi connectivity index (χ1v) is 4.17. The molecule has 0 saturated carbocycles. The summed E-state index contributed by atoms with van der Waals surface area (Å²) in [5, 5.41) is 3.57. The van der Waals surface area contributed by atoms with Gasteiger partial charge in [0.1, 0.15) is 5.69 Å². The highest BCUT2D eigenvalue weighted by atomic mass is 32.1. The smallest absolute Gasteiger partial charge is 0.285 e. The number of hydrogen-bond acceptors (Lipinski definition) is 5. The van der Waals surface area contributed by atoms with Crippen molar-refractivity contribution < 1.29 is 4.79 Å². The second-order valence-electron chi connectivity index (χ2n) is 2.41. The molecule has 1 aromatic heterocycles. The van der Waals surface area contributed by atoms with Crippen LogP contribution in [-0.2, 0) is 0 Å². The van der Waals surface area contributed by atoms with Gasteiger partial charge >= 0.3 is 0 Å². The standard InChI is InChI=1S/C6H10N4OS/c1-10(2)9-5(11)4-3-12-6(7)8-4/h3H,1-2H3,(H2,7,8)(H,9,11). The summed E-state index contributed by atoms with van der Waals surface area (Å²) in [7, 11) is 3.46. The van der Waals surface area contributed by atoms with Gasteiger partial charge < -0.3 is 5.73 Å². The molecule has 0 unspecified atom stereocenters. The lowest BCUT2D eigenvalue weighted by Gasteiger charge is -2.09. The van der Waals surface area contributed by atoms with Gasteiger partial charge in [-0.05, 0) is 0 Å². The third-order valence-corrected chi connectivity index (χ3v) is 1.75. The normalized spacial score (nSPS) is 10.2. The Morgan fingerprint density at radius 1 is 1.75 bits per heavy atom. The first-order chi connectivity index (χ1) is 5.59. The molecule has 0 spiro atoms. The number of amides is 1. The number of nitrogens with two attached hydrogens (primary N) is 1. The number of anilines is 1. The maximum atomic E-state index is 11.2. The molecular formula is C6H10N4OS. The maximum Gasteiger partial charge on any atom is 0.285 e. The van der Waals surface area contributed by atoms with Gasteiger partial charge in [-0.3, -0.25) is 10.2 Å². The lowest BCUT2D eigenvalue weighted by molar-refractivity contribution is 0.0852. The van der Waals surface area contributed by atoms with Gasteiger partial charge in [-0.15, -0.1) is 11.3 Å². The molecule has 6 heteroatoms. The fraction of sp³-hybridized carbons (Fsp3) is 0.333. The van der Waals surface area contributed by atoms with E-state index in [1.165, 1.54) is 11.3 Å². The summed E-state index contributed by atoms with van der Waals surface area (Å²) >= 11 is 1.25. The molecule has 5 nitrogen and oxygen atoms in total. The fourth-order valence-electron chi connectivity index (χ4n) is 0.652. The summed E-state index contributed by atoms with van der Waals surface area (Å²) in [5.41, 5.74) is 8.27. The Hall–Kier alpha value is -1.14. The molecule has 1 heterocycles. The van der Waals surface area contributed by atoms with E-state index in [9.17, 15) is 4.79 Å². The SMILES string of the molecule is CN(C)NC(=O)c1csc(N)n1. The van der Waals surface area contributed by atoms with Crippen LogP contribution in [0.3, 0.4) is 0 Å². The molecule has 0 bridgehead atoms. The van der Waals surface area contributed by atoms with Gasteiger partial charge in [-0.1, -0.05) is 0 Å². The molecule has 0 aromatic carbocycles. The number of nitrogen functional groups attached to an aromatic ring is 1. The Morgan fingerprint density at radius 3 is 2.83 bits per heavy atom. The van der Waals surface area contributed by atoms with Crippen LogP contribution in [-0.4, -0.2) is 30.0 Å². The molecule has 0 saturated heterocycles. The molecule has 0 fully saturated rings. The van der Waals surface area contributed by atoms with Crippen LogP contribution >= 0.6 is 11.3 Å². The average Bonchev–Trinajstić information content (AvgIpc) is 2.34. The van der Waals surface area contributed by atoms with Crippen molar-refractivity contribution >= 4 is 22.4 Å². The third-order valence-electron chi connectivity index (χ3n) is 1.08. The minimum absolute atomic E-state index is 0.243. The highest BCUT2D eigenvalue weighted by Gasteiger charge is 2.08. The first-order valence-electron chi connectivity index (χ1n) is 3.29. The zero-order valence-corrected chi connectivity index (χ0v) is 7.68. The monoisotopic (exact) mass is 186 g/mol. The van der Waals surface area contributed by atoms with Gasteiger partial charge in [0.25, 0.3) is 5.91 Å². The summed E-state index contributed by atoms with van der Waals surface area (Å²) in [4.78, 5) is 15.0. The number of nitrogens with one attached hydrogen (secondary N) is 1. The lowest BCUT2D eigenvalue weighted by Crippen LogP contribution is -2.36. The van der Waals surface area contributed by atoms with E-state index in [4.69, 9.17) is 5.73 Å². The number of thiazole rings is 1. The predicted molar refractivity (Wildman–Crippen MR) is 47.7 cm³/mol. The van der Waals surface area contributed by atoms with E-state index in [-0.39, 0.29) is 5.91 Å². The number of nitrogens with zero attached hydrogens (tertiary/aromatic N) is 2. The Bertz CT molecular complexity index is 283. The molecule has 1 rings (SSSR count). The van der Waals surface area contributed by atoms with Crippen molar-refractivity contribution in [3.05, 3.63) is 11.1 Å². The van der Waals surface area contributed by atoms with Crippen molar-refractivity contribution in [3.8, 4) is 0 Å².